The lowest BCUT2D eigenvalue weighted by molar-refractivity contribution is 0.117. The van der Waals surface area contributed by atoms with Crippen LogP contribution in [0, 0.1) is 0 Å². The van der Waals surface area contributed by atoms with Crippen molar-refractivity contribution in [2.45, 2.75) is 12.3 Å². The Labute approximate surface area is 83.3 Å². The highest BCUT2D eigenvalue weighted by atomic mass is 79.9. The van der Waals surface area contributed by atoms with E-state index >= 15 is 0 Å². The van der Waals surface area contributed by atoms with Crippen LogP contribution in [0.3, 0.4) is 0 Å². The topological polar surface area (TPSA) is 38.9 Å². The molecule has 72 valence electrons. The molecule has 1 aromatic rings. The maximum atomic E-state index is 12.4. The molecule has 0 radical (unpaired) electrons. The quantitative estimate of drug-likeness (QED) is 0.893. The average molecular weight is 251 g/mol. The zero-order valence-corrected chi connectivity index (χ0v) is 8.34. The van der Waals surface area contributed by atoms with E-state index in [-0.39, 0.29) is 6.54 Å². The van der Waals surface area contributed by atoms with Crippen molar-refractivity contribution >= 4 is 15.9 Å². The van der Waals surface area contributed by atoms with Crippen molar-refractivity contribution in [1.29, 1.82) is 0 Å². The number of nitrogens with zero attached hydrogens (tertiary/aromatic N) is 1. The highest BCUT2D eigenvalue weighted by Gasteiger charge is 2.22. The summed E-state index contributed by atoms with van der Waals surface area (Å²) < 4.78 is 25.5. The van der Waals surface area contributed by atoms with Crippen LogP contribution in [0.15, 0.2) is 22.9 Å². The summed E-state index contributed by atoms with van der Waals surface area (Å²) in [6.45, 7) is -0.0692. The summed E-state index contributed by atoms with van der Waals surface area (Å²) >= 11 is 3.15. The number of pyridine rings is 1. The zero-order valence-electron chi connectivity index (χ0n) is 6.75. The Bertz CT molecular complexity index is 281. The number of halogens is 3. The van der Waals surface area contributed by atoms with Gasteiger partial charge in [0.15, 0.2) is 0 Å². The molecule has 0 bridgehead atoms. The lowest BCUT2D eigenvalue weighted by Gasteiger charge is -2.14. The highest BCUT2D eigenvalue weighted by Crippen LogP contribution is 2.27. The molecule has 0 aliphatic carbocycles. The normalized spacial score (nSPS) is 13.3. The van der Waals surface area contributed by atoms with Crippen molar-refractivity contribution in [2.24, 2.45) is 5.73 Å². The molecule has 0 saturated carbocycles. The molecule has 0 spiro atoms. The van der Waals surface area contributed by atoms with E-state index in [2.05, 4.69) is 20.9 Å². The average Bonchev–Trinajstić information content (AvgIpc) is 2.09. The Kier molecular flexibility index (Phi) is 3.74. The minimum Gasteiger partial charge on any atom is -0.330 e. The van der Waals surface area contributed by atoms with Crippen LogP contribution >= 0.6 is 15.9 Å². The van der Waals surface area contributed by atoms with Crippen LogP contribution in [0.4, 0.5) is 8.78 Å². The Hall–Kier alpha value is -0.550. The summed E-state index contributed by atoms with van der Waals surface area (Å²) in [4.78, 5) is 3.79. The van der Waals surface area contributed by atoms with Gasteiger partial charge in [0, 0.05) is 23.4 Å². The van der Waals surface area contributed by atoms with E-state index in [1.807, 2.05) is 0 Å². The van der Waals surface area contributed by atoms with Crippen LogP contribution in [0.2, 0.25) is 0 Å². The number of alkyl halides is 2. The number of hydrogen-bond acceptors (Lipinski definition) is 2. The molecule has 1 unspecified atom stereocenters. The first kappa shape index (κ1) is 10.5. The van der Waals surface area contributed by atoms with Gasteiger partial charge >= 0.3 is 0 Å². The Morgan fingerprint density at radius 1 is 1.54 bits per heavy atom. The predicted molar refractivity (Wildman–Crippen MR) is 49.7 cm³/mol. The Morgan fingerprint density at radius 2 is 2.23 bits per heavy atom. The van der Waals surface area contributed by atoms with Crippen LogP contribution in [-0.2, 0) is 0 Å². The standard InChI is InChI=1S/C8H9BrF2N2/c9-7-4-13-2-1-5(7)6(3-12)8(10)11/h1-2,4,6,8H,3,12H2. The third kappa shape index (κ3) is 2.45. The largest absolute Gasteiger partial charge is 0.330 e. The van der Waals surface area contributed by atoms with E-state index in [4.69, 9.17) is 5.73 Å². The van der Waals surface area contributed by atoms with Gasteiger partial charge in [0.25, 0.3) is 0 Å². The number of nitrogens with two attached hydrogens (primary N) is 1. The molecule has 0 aliphatic heterocycles. The summed E-state index contributed by atoms with van der Waals surface area (Å²) in [5, 5.41) is 0. The first-order valence-electron chi connectivity index (χ1n) is 3.74. The van der Waals surface area contributed by atoms with Crippen LogP contribution in [0.5, 0.6) is 0 Å². The van der Waals surface area contributed by atoms with Crippen LogP contribution < -0.4 is 5.73 Å². The van der Waals surface area contributed by atoms with Crippen molar-refractivity contribution in [1.82, 2.24) is 4.98 Å². The molecule has 13 heavy (non-hydrogen) atoms. The molecule has 1 rings (SSSR count). The van der Waals surface area contributed by atoms with Gasteiger partial charge in [0.1, 0.15) is 0 Å². The minimum absolute atomic E-state index is 0.0692. The fraction of sp³-hybridized carbons (Fsp3) is 0.375. The second-order valence-corrected chi connectivity index (χ2v) is 3.43. The van der Waals surface area contributed by atoms with Gasteiger partial charge in [0.05, 0.1) is 5.92 Å². The van der Waals surface area contributed by atoms with Crippen molar-refractivity contribution in [3.8, 4) is 0 Å². The summed E-state index contributed by atoms with van der Waals surface area (Å²) in [5.74, 6) is -0.919. The molecule has 0 saturated heterocycles. The monoisotopic (exact) mass is 250 g/mol. The van der Waals surface area contributed by atoms with Gasteiger partial charge in [-0.15, -0.1) is 0 Å². The SMILES string of the molecule is NCC(c1ccncc1Br)C(F)F. The van der Waals surface area contributed by atoms with Gasteiger partial charge in [-0.1, -0.05) is 0 Å². The Morgan fingerprint density at radius 3 is 2.69 bits per heavy atom. The number of aromatic nitrogens is 1. The van der Waals surface area contributed by atoms with E-state index in [1.54, 1.807) is 6.07 Å². The lowest BCUT2D eigenvalue weighted by Crippen LogP contribution is -2.20. The molecule has 1 heterocycles. The van der Waals surface area contributed by atoms with Gasteiger partial charge in [0.2, 0.25) is 6.43 Å². The Balaban J connectivity index is 2.97. The molecule has 0 fully saturated rings. The van der Waals surface area contributed by atoms with E-state index in [1.165, 1.54) is 12.4 Å². The maximum absolute atomic E-state index is 12.4. The van der Waals surface area contributed by atoms with Crippen LogP contribution in [0.1, 0.15) is 11.5 Å². The van der Waals surface area contributed by atoms with E-state index < -0.39 is 12.3 Å². The van der Waals surface area contributed by atoms with Crippen molar-refractivity contribution in [2.75, 3.05) is 6.54 Å². The van der Waals surface area contributed by atoms with Gasteiger partial charge in [-0.3, -0.25) is 4.98 Å². The highest BCUT2D eigenvalue weighted by molar-refractivity contribution is 9.10. The molecule has 0 amide bonds. The minimum atomic E-state index is -2.44. The van der Waals surface area contributed by atoms with Crippen LogP contribution in [0.25, 0.3) is 0 Å². The summed E-state index contributed by atoms with van der Waals surface area (Å²) in [6, 6.07) is 1.55. The third-order valence-electron chi connectivity index (χ3n) is 1.76. The molecule has 0 aromatic carbocycles. The molecular formula is C8H9BrF2N2. The maximum Gasteiger partial charge on any atom is 0.246 e. The molecule has 2 N–H and O–H groups in total. The smallest absolute Gasteiger partial charge is 0.246 e. The molecule has 2 nitrogen and oxygen atoms in total. The van der Waals surface area contributed by atoms with Crippen LogP contribution in [-0.4, -0.2) is 18.0 Å². The first-order chi connectivity index (χ1) is 6.16. The second-order valence-electron chi connectivity index (χ2n) is 2.57. The zero-order chi connectivity index (χ0) is 9.84. The van der Waals surface area contributed by atoms with Gasteiger partial charge < -0.3 is 5.73 Å². The van der Waals surface area contributed by atoms with Gasteiger partial charge in [-0.25, -0.2) is 8.78 Å². The predicted octanol–water partition coefficient (Wildman–Crippen LogP) is 2.15. The summed E-state index contributed by atoms with van der Waals surface area (Å²) in [6.07, 6.45) is 0.523. The van der Waals surface area contributed by atoms with Crippen molar-refractivity contribution < 1.29 is 8.78 Å². The summed E-state index contributed by atoms with van der Waals surface area (Å²) in [5.41, 5.74) is 5.76. The molecule has 5 heteroatoms. The number of hydrogen-bond donors (Lipinski definition) is 1. The van der Waals surface area contributed by atoms with Gasteiger partial charge in [-0.05, 0) is 27.6 Å². The summed E-state index contributed by atoms with van der Waals surface area (Å²) in [7, 11) is 0. The second kappa shape index (κ2) is 4.62. The molecule has 1 atom stereocenters. The molecular weight excluding hydrogens is 242 g/mol. The van der Waals surface area contributed by atoms with Crippen molar-refractivity contribution in [3.63, 3.8) is 0 Å². The fourth-order valence-electron chi connectivity index (χ4n) is 1.05. The first-order valence-corrected chi connectivity index (χ1v) is 4.53. The molecule has 0 aliphatic rings. The van der Waals surface area contributed by atoms with Gasteiger partial charge in [-0.2, -0.15) is 0 Å². The van der Waals surface area contributed by atoms with Crippen molar-refractivity contribution in [3.05, 3.63) is 28.5 Å². The van der Waals surface area contributed by atoms with E-state index in [9.17, 15) is 8.78 Å². The fourth-order valence-corrected chi connectivity index (χ4v) is 1.60. The molecule has 1 aromatic heterocycles. The van der Waals surface area contributed by atoms with E-state index in [0.717, 1.165) is 0 Å². The van der Waals surface area contributed by atoms with E-state index in [0.29, 0.717) is 10.0 Å². The number of rotatable bonds is 3. The lowest BCUT2D eigenvalue weighted by atomic mass is 10.0. The third-order valence-corrected chi connectivity index (χ3v) is 2.42.